The predicted molar refractivity (Wildman–Crippen MR) is 101 cm³/mol. The number of aryl methyl sites for hydroxylation is 1. The van der Waals surface area contributed by atoms with Crippen LogP contribution in [0.4, 0.5) is 5.82 Å². The van der Waals surface area contributed by atoms with Gasteiger partial charge in [0.15, 0.2) is 5.78 Å². The molecule has 7 nitrogen and oxygen atoms in total. The first-order valence-corrected chi connectivity index (χ1v) is 8.34. The molecule has 0 fully saturated rings. The minimum Gasteiger partial charge on any atom is -0.378 e. The van der Waals surface area contributed by atoms with E-state index in [0.717, 1.165) is 16.5 Å². The van der Waals surface area contributed by atoms with Crippen LogP contribution in [-0.4, -0.2) is 27.8 Å². The summed E-state index contributed by atoms with van der Waals surface area (Å²) in [6.07, 6.45) is 6.18. The van der Waals surface area contributed by atoms with Gasteiger partial charge in [0.25, 0.3) is 5.56 Å². The lowest BCUT2D eigenvalue weighted by Gasteiger charge is -2.21. The molecule has 7 heteroatoms. The van der Waals surface area contributed by atoms with Crippen LogP contribution in [0.2, 0.25) is 0 Å². The zero-order valence-corrected chi connectivity index (χ0v) is 14.9. The lowest BCUT2D eigenvalue weighted by atomic mass is 9.94. The van der Waals surface area contributed by atoms with E-state index in [-0.39, 0.29) is 17.4 Å². The maximum atomic E-state index is 12.9. The molecule has 1 aliphatic heterocycles. The van der Waals surface area contributed by atoms with Crippen molar-refractivity contribution in [2.75, 3.05) is 5.32 Å². The largest absolute Gasteiger partial charge is 0.378 e. The number of carbonyl (C=O) groups excluding carboxylic acids is 2. The summed E-state index contributed by atoms with van der Waals surface area (Å²) in [6, 6.07) is 3.08. The molecule has 1 unspecified atom stereocenters. The molecule has 0 aromatic carbocycles. The highest BCUT2D eigenvalue weighted by Gasteiger charge is 2.21. The van der Waals surface area contributed by atoms with E-state index in [0.29, 0.717) is 29.7 Å². The summed E-state index contributed by atoms with van der Waals surface area (Å²) in [7, 11) is 1.68. The normalized spacial score (nSPS) is 16.5. The minimum absolute atomic E-state index is 0.102. The molecule has 26 heavy (non-hydrogen) atoms. The third-order valence-electron chi connectivity index (χ3n) is 4.55. The van der Waals surface area contributed by atoms with E-state index in [4.69, 9.17) is 0 Å². The molecule has 2 aromatic rings. The lowest BCUT2D eigenvalue weighted by molar-refractivity contribution is -0.119. The summed E-state index contributed by atoms with van der Waals surface area (Å²) >= 11 is 0. The summed E-state index contributed by atoms with van der Waals surface area (Å²) in [5, 5.41) is 6.33. The number of amides is 1. The first-order valence-electron chi connectivity index (χ1n) is 8.34. The highest BCUT2D eigenvalue weighted by atomic mass is 16.1. The van der Waals surface area contributed by atoms with E-state index >= 15 is 0 Å². The smallest absolute Gasteiger partial charge is 0.258 e. The second-order valence-corrected chi connectivity index (χ2v) is 6.18. The summed E-state index contributed by atoms with van der Waals surface area (Å²) < 4.78 is 1.53. The molecule has 134 valence electrons. The lowest BCUT2D eigenvalue weighted by Crippen LogP contribution is -2.34. The number of ketones is 1. The molecule has 0 aliphatic carbocycles. The summed E-state index contributed by atoms with van der Waals surface area (Å²) in [5.74, 6) is 0.483. The summed E-state index contributed by atoms with van der Waals surface area (Å²) in [4.78, 5) is 39.5. The molecule has 2 N–H and O–H groups in total. The van der Waals surface area contributed by atoms with Crippen molar-refractivity contribution in [1.29, 1.82) is 0 Å². The number of nitrogens with zero attached hydrogens (tertiary/aromatic N) is 2. The summed E-state index contributed by atoms with van der Waals surface area (Å²) in [5.41, 5.74) is 2.66. The van der Waals surface area contributed by atoms with Gasteiger partial charge in [-0.15, -0.1) is 0 Å². The van der Waals surface area contributed by atoms with E-state index < -0.39 is 0 Å². The van der Waals surface area contributed by atoms with Gasteiger partial charge in [-0.2, -0.15) is 0 Å². The number of Topliss-reactive ketones (excluding diaryl/α,β-unsaturated/α-hetero) is 1. The maximum absolute atomic E-state index is 12.9. The number of pyridine rings is 2. The molecule has 0 bridgehead atoms. The minimum atomic E-state index is -0.355. The Labute approximate surface area is 150 Å². The fraction of sp³-hybridized carbons (Fsp3) is 0.263. The monoisotopic (exact) mass is 352 g/mol. The maximum Gasteiger partial charge on any atom is 0.258 e. The highest BCUT2D eigenvalue weighted by Crippen LogP contribution is 2.26. The van der Waals surface area contributed by atoms with Crippen LogP contribution in [0.25, 0.3) is 16.5 Å². The predicted octanol–water partition coefficient (Wildman–Crippen LogP) is 1.74. The number of hydrogen-bond donors (Lipinski definition) is 2. The number of hydrogen-bond acceptors (Lipinski definition) is 5. The third kappa shape index (κ3) is 3.03. The number of carbonyl (C=O) groups is 2. The zero-order valence-electron chi connectivity index (χ0n) is 14.9. The Morgan fingerprint density at radius 3 is 2.85 bits per heavy atom. The van der Waals surface area contributed by atoms with Crippen LogP contribution < -0.4 is 16.2 Å². The van der Waals surface area contributed by atoms with Crippen LogP contribution in [0.3, 0.4) is 0 Å². The van der Waals surface area contributed by atoms with Crippen LogP contribution in [-0.2, 0) is 16.6 Å². The van der Waals surface area contributed by atoms with Gasteiger partial charge in [0.2, 0.25) is 6.41 Å². The molecule has 2 aromatic heterocycles. The fourth-order valence-electron chi connectivity index (χ4n) is 3.07. The van der Waals surface area contributed by atoms with Crippen molar-refractivity contribution in [2.45, 2.75) is 26.3 Å². The second kappa shape index (κ2) is 6.95. The van der Waals surface area contributed by atoms with Gasteiger partial charge in [-0.3, -0.25) is 14.4 Å². The number of allylic oxidation sites excluding steroid dienone is 2. The van der Waals surface area contributed by atoms with Gasteiger partial charge in [-0.1, -0.05) is 13.0 Å². The summed E-state index contributed by atoms with van der Waals surface area (Å²) in [6.45, 7) is 3.72. The van der Waals surface area contributed by atoms with Crippen molar-refractivity contribution in [1.82, 2.24) is 14.9 Å². The van der Waals surface area contributed by atoms with Crippen molar-refractivity contribution < 1.29 is 9.59 Å². The average molecular weight is 352 g/mol. The van der Waals surface area contributed by atoms with Gasteiger partial charge in [-0.25, -0.2) is 4.98 Å². The van der Waals surface area contributed by atoms with Crippen LogP contribution in [0.5, 0.6) is 0 Å². The molecular formula is C19H20N4O3. The van der Waals surface area contributed by atoms with E-state index in [1.54, 1.807) is 31.6 Å². The standard InChI is InChI=1S/C19H20N4O3/c1-4-17(25)15-5-11(2)14(9-20-15)13-6-12-8-21-18(22-10-24)7-16(12)23(3)19(13)26/h5-10,15,20H,4H2,1-3H3,(H,21,22,24). The fourth-order valence-corrected chi connectivity index (χ4v) is 3.07. The molecule has 1 atom stereocenters. The number of aromatic nitrogens is 2. The van der Waals surface area contributed by atoms with Crippen LogP contribution >= 0.6 is 0 Å². The van der Waals surface area contributed by atoms with Gasteiger partial charge < -0.3 is 15.2 Å². The Balaban J connectivity index is 2.08. The Morgan fingerprint density at radius 2 is 2.19 bits per heavy atom. The number of anilines is 1. The van der Waals surface area contributed by atoms with Gasteiger partial charge in [0, 0.05) is 48.5 Å². The van der Waals surface area contributed by atoms with Crippen molar-refractivity contribution in [2.24, 2.45) is 7.05 Å². The topological polar surface area (TPSA) is 93.1 Å². The SMILES string of the molecule is CCC(=O)C1C=C(C)C(c2cc3cnc(NC=O)cc3n(C)c2=O)=CN1. The van der Waals surface area contributed by atoms with Gasteiger partial charge in [-0.05, 0) is 18.6 Å². The van der Waals surface area contributed by atoms with E-state index in [2.05, 4.69) is 15.6 Å². The quantitative estimate of drug-likeness (QED) is 0.800. The Hall–Kier alpha value is -3.22. The highest BCUT2D eigenvalue weighted by molar-refractivity contribution is 5.91. The first kappa shape index (κ1) is 17.6. The molecule has 0 saturated heterocycles. The van der Waals surface area contributed by atoms with Gasteiger partial charge in [0.1, 0.15) is 11.9 Å². The molecule has 1 aliphatic rings. The number of rotatable bonds is 5. The molecular weight excluding hydrogens is 332 g/mol. The Morgan fingerprint density at radius 1 is 1.42 bits per heavy atom. The van der Waals surface area contributed by atoms with Crippen molar-refractivity contribution in [3.8, 4) is 0 Å². The van der Waals surface area contributed by atoms with E-state index in [1.807, 2.05) is 19.9 Å². The van der Waals surface area contributed by atoms with Crippen molar-refractivity contribution >= 4 is 34.5 Å². The number of nitrogens with one attached hydrogen (secondary N) is 2. The van der Waals surface area contributed by atoms with Gasteiger partial charge in [0.05, 0.1) is 5.52 Å². The van der Waals surface area contributed by atoms with Gasteiger partial charge >= 0.3 is 0 Å². The first-order chi connectivity index (χ1) is 12.5. The second-order valence-electron chi connectivity index (χ2n) is 6.18. The van der Waals surface area contributed by atoms with Crippen LogP contribution in [0.1, 0.15) is 25.8 Å². The Kier molecular flexibility index (Phi) is 4.71. The van der Waals surface area contributed by atoms with Crippen LogP contribution in [0, 0.1) is 0 Å². The number of fused-ring (bicyclic) bond motifs is 1. The van der Waals surface area contributed by atoms with Crippen molar-refractivity contribution in [3.63, 3.8) is 0 Å². The molecule has 0 radical (unpaired) electrons. The Bertz CT molecular complexity index is 1020. The molecule has 3 rings (SSSR count). The zero-order chi connectivity index (χ0) is 18.8. The molecule has 0 saturated carbocycles. The van der Waals surface area contributed by atoms with Crippen LogP contribution in [0.15, 0.2) is 41.0 Å². The third-order valence-corrected chi connectivity index (χ3v) is 4.55. The average Bonchev–Trinajstić information content (AvgIpc) is 2.65. The molecule has 1 amide bonds. The van der Waals surface area contributed by atoms with Crippen molar-refractivity contribution in [3.05, 3.63) is 52.1 Å². The molecule has 3 heterocycles. The van der Waals surface area contributed by atoms with E-state index in [1.165, 1.54) is 4.57 Å². The van der Waals surface area contributed by atoms with E-state index in [9.17, 15) is 14.4 Å². The molecule has 0 spiro atoms. The number of dihydropyridines is 1.